The van der Waals surface area contributed by atoms with E-state index in [9.17, 15) is 4.79 Å². The number of likely N-dealkylation sites (tertiary alicyclic amines) is 2. The maximum absolute atomic E-state index is 12.8. The predicted molar refractivity (Wildman–Crippen MR) is 94.5 cm³/mol. The number of nitrogens with zero attached hydrogens (tertiary/aromatic N) is 2. The third-order valence-corrected chi connectivity index (χ3v) is 5.53. The van der Waals surface area contributed by atoms with Gasteiger partial charge in [-0.3, -0.25) is 9.69 Å². The van der Waals surface area contributed by atoms with E-state index in [1.165, 1.54) is 12.0 Å². The minimum absolute atomic E-state index is 0.280. The number of amides is 1. The number of benzene rings is 1. The van der Waals surface area contributed by atoms with Gasteiger partial charge in [-0.2, -0.15) is 0 Å². The molecule has 2 aliphatic rings. The van der Waals surface area contributed by atoms with E-state index in [0.717, 1.165) is 37.5 Å². The van der Waals surface area contributed by atoms with Crippen LogP contribution in [0.4, 0.5) is 0 Å². The fourth-order valence-corrected chi connectivity index (χ4v) is 4.51. The van der Waals surface area contributed by atoms with Gasteiger partial charge in [0, 0.05) is 24.2 Å². The van der Waals surface area contributed by atoms with Crippen LogP contribution in [0.3, 0.4) is 0 Å². The fraction of sp³-hybridized carbons (Fsp3) is 0.632. The van der Waals surface area contributed by atoms with Crippen LogP contribution in [0.2, 0.25) is 5.02 Å². The Morgan fingerprint density at radius 1 is 1.22 bits per heavy atom. The fourth-order valence-electron chi connectivity index (χ4n) is 4.25. The first kappa shape index (κ1) is 16.8. The SMILES string of the molecule is CC1CC(C)CN(C(=O)CN2CCCC2c2ccccc2Cl)C1. The molecule has 2 saturated heterocycles. The average Bonchev–Trinajstić information content (AvgIpc) is 2.94. The second-order valence-corrected chi connectivity index (χ2v) is 7.80. The van der Waals surface area contributed by atoms with E-state index >= 15 is 0 Å². The van der Waals surface area contributed by atoms with Crippen molar-refractivity contribution in [2.45, 2.75) is 39.2 Å². The lowest BCUT2D eigenvalue weighted by Gasteiger charge is -2.36. The number of hydrogen-bond donors (Lipinski definition) is 0. The van der Waals surface area contributed by atoms with Crippen molar-refractivity contribution in [3.8, 4) is 0 Å². The highest BCUT2D eigenvalue weighted by Crippen LogP contribution is 2.35. The van der Waals surface area contributed by atoms with Crippen molar-refractivity contribution in [3.05, 3.63) is 34.9 Å². The van der Waals surface area contributed by atoms with Crippen LogP contribution in [0, 0.1) is 11.8 Å². The van der Waals surface area contributed by atoms with Gasteiger partial charge in [-0.1, -0.05) is 43.6 Å². The van der Waals surface area contributed by atoms with Crippen molar-refractivity contribution in [1.82, 2.24) is 9.80 Å². The van der Waals surface area contributed by atoms with E-state index in [1.807, 2.05) is 18.2 Å². The molecule has 3 atom stereocenters. The summed E-state index contributed by atoms with van der Waals surface area (Å²) in [6, 6.07) is 8.33. The van der Waals surface area contributed by atoms with E-state index in [4.69, 9.17) is 11.6 Å². The van der Waals surface area contributed by atoms with Gasteiger partial charge in [-0.15, -0.1) is 0 Å². The van der Waals surface area contributed by atoms with Crippen LogP contribution in [0.5, 0.6) is 0 Å². The second kappa shape index (κ2) is 7.23. The van der Waals surface area contributed by atoms with Gasteiger partial charge < -0.3 is 4.90 Å². The summed E-state index contributed by atoms with van der Waals surface area (Å²) in [5.74, 6) is 1.50. The molecule has 1 amide bonds. The average molecular weight is 335 g/mol. The molecule has 0 aromatic heterocycles. The molecule has 0 bridgehead atoms. The van der Waals surface area contributed by atoms with Gasteiger partial charge in [0.15, 0.2) is 0 Å². The summed E-state index contributed by atoms with van der Waals surface area (Å²) < 4.78 is 0. The third kappa shape index (κ3) is 3.89. The largest absolute Gasteiger partial charge is 0.341 e. The molecule has 0 saturated carbocycles. The highest BCUT2D eigenvalue weighted by atomic mass is 35.5. The summed E-state index contributed by atoms with van der Waals surface area (Å²) in [5.41, 5.74) is 1.17. The zero-order valence-corrected chi connectivity index (χ0v) is 14.9. The smallest absolute Gasteiger partial charge is 0.236 e. The first-order valence-corrected chi connectivity index (χ1v) is 9.18. The Labute approximate surface area is 144 Å². The first-order valence-electron chi connectivity index (χ1n) is 8.81. The standard InChI is InChI=1S/C19H27ClN2O/c1-14-10-15(2)12-22(11-14)19(23)13-21-9-5-8-18(21)16-6-3-4-7-17(16)20/h3-4,6-7,14-15,18H,5,8-13H2,1-2H3. The quantitative estimate of drug-likeness (QED) is 0.834. The van der Waals surface area contributed by atoms with E-state index in [0.29, 0.717) is 18.4 Å². The summed E-state index contributed by atoms with van der Waals surface area (Å²) in [4.78, 5) is 17.1. The molecule has 2 fully saturated rings. The van der Waals surface area contributed by atoms with Gasteiger partial charge >= 0.3 is 0 Å². The molecule has 23 heavy (non-hydrogen) atoms. The van der Waals surface area contributed by atoms with Crippen molar-refractivity contribution >= 4 is 17.5 Å². The number of carbonyl (C=O) groups is 1. The number of rotatable bonds is 3. The lowest BCUT2D eigenvalue weighted by atomic mass is 9.92. The molecule has 1 aromatic rings. The summed E-state index contributed by atoms with van der Waals surface area (Å²) in [7, 11) is 0. The molecule has 126 valence electrons. The van der Waals surface area contributed by atoms with Crippen LogP contribution in [0.1, 0.15) is 44.7 Å². The summed E-state index contributed by atoms with van der Waals surface area (Å²) in [5, 5.41) is 0.817. The van der Waals surface area contributed by atoms with Gasteiger partial charge in [-0.25, -0.2) is 0 Å². The van der Waals surface area contributed by atoms with Gasteiger partial charge in [0.1, 0.15) is 0 Å². The molecular formula is C19H27ClN2O. The van der Waals surface area contributed by atoms with E-state index in [2.05, 4.69) is 29.7 Å². The molecule has 1 aromatic carbocycles. The van der Waals surface area contributed by atoms with Crippen molar-refractivity contribution in [3.63, 3.8) is 0 Å². The summed E-state index contributed by atoms with van der Waals surface area (Å²) in [6.45, 7) is 7.83. The molecule has 3 unspecified atom stereocenters. The van der Waals surface area contributed by atoms with Crippen molar-refractivity contribution in [2.75, 3.05) is 26.2 Å². The van der Waals surface area contributed by atoms with Crippen LogP contribution in [-0.4, -0.2) is 41.9 Å². The van der Waals surface area contributed by atoms with Gasteiger partial charge in [0.05, 0.1) is 6.54 Å². The first-order chi connectivity index (χ1) is 11.0. The molecule has 3 rings (SSSR count). The Kier molecular flexibility index (Phi) is 5.27. The number of hydrogen-bond acceptors (Lipinski definition) is 2. The van der Waals surface area contributed by atoms with Crippen molar-refractivity contribution in [1.29, 1.82) is 0 Å². The molecule has 0 radical (unpaired) electrons. The van der Waals surface area contributed by atoms with Gasteiger partial charge in [0.2, 0.25) is 5.91 Å². The molecule has 2 heterocycles. The van der Waals surface area contributed by atoms with Crippen molar-refractivity contribution in [2.24, 2.45) is 11.8 Å². The molecular weight excluding hydrogens is 308 g/mol. The van der Waals surface area contributed by atoms with Crippen LogP contribution >= 0.6 is 11.6 Å². The Hall–Kier alpha value is -1.06. The lowest BCUT2D eigenvalue weighted by molar-refractivity contribution is -0.135. The van der Waals surface area contributed by atoms with Gasteiger partial charge in [-0.05, 0) is 49.3 Å². The normalized spacial score (nSPS) is 29.0. The van der Waals surface area contributed by atoms with Crippen LogP contribution in [0.15, 0.2) is 24.3 Å². The summed E-state index contributed by atoms with van der Waals surface area (Å²) >= 11 is 6.37. The second-order valence-electron chi connectivity index (χ2n) is 7.39. The Bertz CT molecular complexity index is 552. The zero-order chi connectivity index (χ0) is 16.4. The highest BCUT2D eigenvalue weighted by molar-refractivity contribution is 6.31. The molecule has 3 nitrogen and oxygen atoms in total. The number of piperidine rings is 1. The molecule has 2 aliphatic heterocycles. The van der Waals surface area contributed by atoms with E-state index < -0.39 is 0 Å². The van der Waals surface area contributed by atoms with E-state index in [-0.39, 0.29) is 11.9 Å². The Morgan fingerprint density at radius 3 is 2.61 bits per heavy atom. The summed E-state index contributed by atoms with van der Waals surface area (Å²) in [6.07, 6.45) is 3.45. The minimum Gasteiger partial charge on any atom is -0.341 e. The maximum atomic E-state index is 12.8. The molecule has 0 spiro atoms. The predicted octanol–water partition coefficient (Wildman–Crippen LogP) is 3.98. The van der Waals surface area contributed by atoms with Gasteiger partial charge in [0.25, 0.3) is 0 Å². The van der Waals surface area contributed by atoms with Crippen LogP contribution < -0.4 is 0 Å². The van der Waals surface area contributed by atoms with E-state index in [1.54, 1.807) is 0 Å². The highest BCUT2D eigenvalue weighted by Gasteiger charge is 2.32. The zero-order valence-electron chi connectivity index (χ0n) is 14.2. The number of carbonyl (C=O) groups excluding carboxylic acids is 1. The maximum Gasteiger partial charge on any atom is 0.236 e. The third-order valence-electron chi connectivity index (χ3n) is 5.19. The number of halogens is 1. The van der Waals surface area contributed by atoms with Crippen LogP contribution in [0.25, 0.3) is 0 Å². The monoisotopic (exact) mass is 334 g/mol. The Morgan fingerprint density at radius 2 is 1.91 bits per heavy atom. The molecule has 0 aliphatic carbocycles. The lowest BCUT2D eigenvalue weighted by Crippen LogP contribution is -2.46. The molecule has 0 N–H and O–H groups in total. The Balaban J connectivity index is 1.67. The van der Waals surface area contributed by atoms with Crippen LogP contribution in [-0.2, 0) is 4.79 Å². The topological polar surface area (TPSA) is 23.6 Å². The van der Waals surface area contributed by atoms with Crippen molar-refractivity contribution < 1.29 is 4.79 Å². The minimum atomic E-state index is 0.280. The molecule has 4 heteroatoms.